The fourth-order valence-corrected chi connectivity index (χ4v) is 0.638. The maximum Gasteiger partial charge on any atom is 0.247 e. The molecule has 1 N–H and O–H groups in total. The molecule has 9 heavy (non-hydrogen) atoms. The SMILES string of the molecule is O=c1ccc(Br)c[nH]1.[Ag]. The zero-order valence-corrected chi connectivity index (χ0v) is 7.39. The van der Waals surface area contributed by atoms with Crippen LogP contribution in [0.5, 0.6) is 0 Å². The summed E-state index contributed by atoms with van der Waals surface area (Å²) in [6, 6.07) is 3.16. The Morgan fingerprint density at radius 2 is 2.11 bits per heavy atom. The van der Waals surface area contributed by atoms with Gasteiger partial charge in [0.15, 0.2) is 0 Å². The molecule has 0 unspecified atom stereocenters. The summed E-state index contributed by atoms with van der Waals surface area (Å²) in [5.41, 5.74) is -0.0757. The van der Waals surface area contributed by atoms with Gasteiger partial charge in [-0.3, -0.25) is 4.79 Å². The molecule has 0 bridgehead atoms. The van der Waals surface area contributed by atoms with Crippen LogP contribution in [0.1, 0.15) is 0 Å². The Morgan fingerprint density at radius 3 is 2.44 bits per heavy atom. The molecule has 0 aliphatic rings. The number of pyridine rings is 1. The molecule has 1 aromatic heterocycles. The number of rotatable bonds is 0. The van der Waals surface area contributed by atoms with Gasteiger partial charge in [0.2, 0.25) is 5.56 Å². The fourth-order valence-electron chi connectivity index (χ4n) is 0.392. The predicted molar refractivity (Wildman–Crippen MR) is 34.8 cm³/mol. The Bertz CT molecular complexity index is 214. The van der Waals surface area contributed by atoms with Crippen molar-refractivity contribution in [3.05, 3.63) is 33.2 Å². The third-order valence-electron chi connectivity index (χ3n) is 0.746. The van der Waals surface area contributed by atoms with Crippen molar-refractivity contribution in [1.29, 1.82) is 0 Å². The average molecular weight is 282 g/mol. The Hall–Kier alpha value is 0.170. The molecule has 1 heterocycles. The zero-order valence-electron chi connectivity index (χ0n) is 4.32. The van der Waals surface area contributed by atoms with E-state index in [1.54, 1.807) is 12.3 Å². The first-order valence-corrected chi connectivity index (χ1v) is 2.92. The molecule has 0 spiro atoms. The smallest absolute Gasteiger partial charge is 0.247 e. The molecule has 0 amide bonds. The number of halogens is 1. The average Bonchev–Trinajstić information content (AvgIpc) is 1.77. The van der Waals surface area contributed by atoms with Crippen LogP contribution in [0.25, 0.3) is 0 Å². The van der Waals surface area contributed by atoms with Crippen molar-refractivity contribution < 1.29 is 22.4 Å². The van der Waals surface area contributed by atoms with Gasteiger partial charge in [-0.25, -0.2) is 0 Å². The van der Waals surface area contributed by atoms with Crippen molar-refractivity contribution in [2.45, 2.75) is 0 Å². The maximum absolute atomic E-state index is 10.3. The van der Waals surface area contributed by atoms with Gasteiger partial charge >= 0.3 is 0 Å². The van der Waals surface area contributed by atoms with Crippen LogP contribution in [-0.4, -0.2) is 4.98 Å². The first-order chi connectivity index (χ1) is 3.79. The molecule has 1 radical (unpaired) electrons. The van der Waals surface area contributed by atoms with E-state index in [2.05, 4.69) is 20.9 Å². The molecule has 4 heteroatoms. The fraction of sp³-hybridized carbons (Fsp3) is 0. The minimum absolute atomic E-state index is 0. The number of hydrogen-bond donors (Lipinski definition) is 1. The van der Waals surface area contributed by atoms with E-state index in [1.165, 1.54) is 6.07 Å². The van der Waals surface area contributed by atoms with E-state index in [9.17, 15) is 4.79 Å². The van der Waals surface area contributed by atoms with Crippen molar-refractivity contribution in [3.8, 4) is 0 Å². The molecule has 0 atom stereocenters. The number of aromatic nitrogens is 1. The normalized spacial score (nSPS) is 8.11. The summed E-state index contributed by atoms with van der Waals surface area (Å²) in [5.74, 6) is 0. The molecule has 53 valence electrons. The van der Waals surface area contributed by atoms with Gasteiger partial charge in [-0.05, 0) is 22.0 Å². The third kappa shape index (κ3) is 3.01. The monoisotopic (exact) mass is 280 g/mol. The number of hydrogen-bond acceptors (Lipinski definition) is 1. The Labute approximate surface area is 76.3 Å². The largest absolute Gasteiger partial charge is 0.328 e. The maximum atomic E-state index is 10.3. The first-order valence-electron chi connectivity index (χ1n) is 2.13. The molecule has 0 aliphatic heterocycles. The molecule has 1 aromatic rings. The van der Waals surface area contributed by atoms with E-state index in [0.29, 0.717) is 0 Å². The minimum Gasteiger partial charge on any atom is -0.328 e. The van der Waals surface area contributed by atoms with Crippen molar-refractivity contribution >= 4 is 15.9 Å². The van der Waals surface area contributed by atoms with Crippen LogP contribution in [0.3, 0.4) is 0 Å². The van der Waals surface area contributed by atoms with Crippen molar-refractivity contribution in [2.75, 3.05) is 0 Å². The molecule has 0 saturated carbocycles. The number of nitrogens with one attached hydrogen (secondary N) is 1. The Morgan fingerprint density at radius 1 is 1.44 bits per heavy atom. The molecular weight excluding hydrogens is 278 g/mol. The summed E-state index contributed by atoms with van der Waals surface area (Å²) in [6.07, 6.45) is 1.60. The van der Waals surface area contributed by atoms with Gasteiger partial charge in [-0.1, -0.05) is 0 Å². The van der Waals surface area contributed by atoms with Crippen LogP contribution in [0.4, 0.5) is 0 Å². The van der Waals surface area contributed by atoms with Crippen molar-refractivity contribution in [3.63, 3.8) is 0 Å². The van der Waals surface area contributed by atoms with Crippen LogP contribution in [0.15, 0.2) is 27.6 Å². The summed E-state index contributed by atoms with van der Waals surface area (Å²) in [7, 11) is 0. The van der Waals surface area contributed by atoms with E-state index >= 15 is 0 Å². The number of aromatic amines is 1. The van der Waals surface area contributed by atoms with E-state index in [-0.39, 0.29) is 27.9 Å². The second kappa shape index (κ2) is 4.06. The molecule has 0 saturated heterocycles. The second-order valence-corrected chi connectivity index (χ2v) is 2.29. The molecule has 0 aliphatic carbocycles. The Balaban J connectivity index is 0.000000640. The minimum atomic E-state index is -0.0757. The summed E-state index contributed by atoms with van der Waals surface area (Å²) in [5, 5.41) is 0. The predicted octanol–water partition coefficient (Wildman–Crippen LogP) is 1.13. The van der Waals surface area contributed by atoms with Gasteiger partial charge in [-0.15, -0.1) is 0 Å². The van der Waals surface area contributed by atoms with E-state index in [4.69, 9.17) is 0 Å². The van der Waals surface area contributed by atoms with E-state index < -0.39 is 0 Å². The molecule has 0 aromatic carbocycles. The van der Waals surface area contributed by atoms with Gasteiger partial charge in [0.05, 0.1) is 0 Å². The summed E-state index contributed by atoms with van der Waals surface area (Å²) >= 11 is 3.18. The summed E-state index contributed by atoms with van der Waals surface area (Å²) < 4.78 is 0.886. The quantitative estimate of drug-likeness (QED) is 0.711. The third-order valence-corrected chi connectivity index (χ3v) is 1.24. The summed E-state index contributed by atoms with van der Waals surface area (Å²) in [4.78, 5) is 12.8. The Kier molecular flexibility index (Phi) is 4.14. The van der Waals surface area contributed by atoms with Gasteiger partial charge in [0.1, 0.15) is 0 Å². The number of H-pyrrole nitrogens is 1. The van der Waals surface area contributed by atoms with E-state index in [0.717, 1.165) is 4.47 Å². The van der Waals surface area contributed by atoms with E-state index in [1.807, 2.05) is 0 Å². The van der Waals surface area contributed by atoms with Crippen LogP contribution in [0, 0.1) is 0 Å². The summed E-state index contributed by atoms with van der Waals surface area (Å²) in [6.45, 7) is 0. The van der Waals surface area contributed by atoms with Crippen molar-refractivity contribution in [2.24, 2.45) is 0 Å². The van der Waals surface area contributed by atoms with Crippen LogP contribution in [0.2, 0.25) is 0 Å². The van der Waals surface area contributed by atoms with Crippen LogP contribution >= 0.6 is 15.9 Å². The standard InChI is InChI=1S/C5H4BrNO.Ag/c6-4-1-2-5(8)7-3-4;/h1-3H,(H,7,8);. The molecule has 2 nitrogen and oxygen atoms in total. The molecule has 0 fully saturated rings. The van der Waals surface area contributed by atoms with Gasteiger partial charge < -0.3 is 4.98 Å². The van der Waals surface area contributed by atoms with Crippen LogP contribution < -0.4 is 5.56 Å². The molecule has 1 rings (SSSR count). The molecular formula is C5H4AgBrNO. The van der Waals surface area contributed by atoms with Crippen LogP contribution in [-0.2, 0) is 22.4 Å². The zero-order chi connectivity index (χ0) is 5.98. The van der Waals surface area contributed by atoms with Gasteiger partial charge in [-0.2, -0.15) is 0 Å². The van der Waals surface area contributed by atoms with Crippen molar-refractivity contribution in [1.82, 2.24) is 4.98 Å². The first kappa shape index (κ1) is 9.17. The van der Waals surface area contributed by atoms with Gasteiger partial charge in [0, 0.05) is 39.1 Å². The topological polar surface area (TPSA) is 32.9 Å². The van der Waals surface area contributed by atoms with Gasteiger partial charge in [0.25, 0.3) is 0 Å². The second-order valence-electron chi connectivity index (χ2n) is 1.37.